The summed E-state index contributed by atoms with van der Waals surface area (Å²) in [5, 5.41) is 10.9. The Morgan fingerprint density at radius 1 is 1.21 bits per heavy atom. The van der Waals surface area contributed by atoms with Gasteiger partial charge in [-0.05, 0) is 30.7 Å². The van der Waals surface area contributed by atoms with Crippen LogP contribution in [0.25, 0.3) is 0 Å². The number of halogens is 1. The molecule has 0 radical (unpaired) electrons. The molecule has 0 saturated heterocycles. The second-order valence-corrected chi connectivity index (χ2v) is 5.06. The first-order valence-corrected chi connectivity index (χ1v) is 6.74. The molecule has 0 atom stereocenters. The lowest BCUT2D eigenvalue weighted by molar-refractivity contribution is -0.137. The molecule has 0 fully saturated rings. The Bertz CT molecular complexity index is 567. The van der Waals surface area contributed by atoms with Crippen LogP contribution in [-0.2, 0) is 15.0 Å². The first-order valence-electron chi connectivity index (χ1n) is 5.35. The zero-order chi connectivity index (χ0) is 14.5. The molecular formula is C11H12FNO5S. The fourth-order valence-corrected chi connectivity index (χ4v) is 1.77. The summed E-state index contributed by atoms with van der Waals surface area (Å²) in [6, 6.07) is 4.33. The summed E-state index contributed by atoms with van der Waals surface area (Å²) < 4.78 is 33.7. The topological polar surface area (TPSA) is 101 Å². The molecule has 1 rings (SSSR count). The SMILES string of the molecule is O=C(O)CCCNC(=O)c1ccc(S(=O)(=O)F)cc1. The molecule has 8 heteroatoms. The van der Waals surface area contributed by atoms with E-state index in [0.29, 0.717) is 0 Å². The number of hydrogen-bond donors (Lipinski definition) is 2. The van der Waals surface area contributed by atoms with Gasteiger partial charge < -0.3 is 10.4 Å². The lowest BCUT2D eigenvalue weighted by atomic mass is 10.2. The highest BCUT2D eigenvalue weighted by molar-refractivity contribution is 7.86. The minimum absolute atomic E-state index is 0.0562. The van der Waals surface area contributed by atoms with Gasteiger partial charge in [-0.1, -0.05) is 0 Å². The number of aliphatic carboxylic acids is 1. The van der Waals surface area contributed by atoms with Crippen molar-refractivity contribution in [2.45, 2.75) is 17.7 Å². The van der Waals surface area contributed by atoms with Crippen molar-refractivity contribution >= 4 is 22.1 Å². The van der Waals surface area contributed by atoms with Crippen LogP contribution in [0.4, 0.5) is 3.89 Å². The monoisotopic (exact) mass is 289 g/mol. The van der Waals surface area contributed by atoms with Gasteiger partial charge in [-0.25, -0.2) is 0 Å². The normalized spacial score (nSPS) is 11.0. The van der Waals surface area contributed by atoms with Crippen molar-refractivity contribution in [1.82, 2.24) is 5.32 Å². The zero-order valence-corrected chi connectivity index (χ0v) is 10.6. The molecule has 19 heavy (non-hydrogen) atoms. The second kappa shape index (κ2) is 6.28. The fraction of sp³-hybridized carbons (Fsp3) is 0.273. The summed E-state index contributed by atoms with van der Waals surface area (Å²) in [6.07, 6.45) is 0.233. The van der Waals surface area contributed by atoms with Crippen molar-refractivity contribution in [3.8, 4) is 0 Å². The van der Waals surface area contributed by atoms with E-state index >= 15 is 0 Å². The van der Waals surface area contributed by atoms with Crippen LogP contribution in [-0.4, -0.2) is 31.9 Å². The molecule has 0 heterocycles. The molecule has 0 aliphatic carbocycles. The Labute approximate surface area is 109 Å². The molecule has 104 valence electrons. The maximum Gasteiger partial charge on any atom is 0.332 e. The number of carbonyl (C=O) groups excluding carboxylic acids is 1. The number of hydrogen-bond acceptors (Lipinski definition) is 4. The molecule has 1 aromatic rings. The van der Waals surface area contributed by atoms with Crippen LogP contribution < -0.4 is 5.32 Å². The van der Waals surface area contributed by atoms with E-state index < -0.39 is 27.0 Å². The van der Waals surface area contributed by atoms with Gasteiger partial charge in [0.2, 0.25) is 0 Å². The van der Waals surface area contributed by atoms with Crippen molar-refractivity contribution in [2.24, 2.45) is 0 Å². The maximum absolute atomic E-state index is 12.6. The average molecular weight is 289 g/mol. The van der Waals surface area contributed by atoms with E-state index in [-0.39, 0.29) is 24.9 Å². The van der Waals surface area contributed by atoms with Crippen LogP contribution in [0.2, 0.25) is 0 Å². The molecule has 0 saturated carbocycles. The van der Waals surface area contributed by atoms with Crippen molar-refractivity contribution in [3.63, 3.8) is 0 Å². The van der Waals surface area contributed by atoms with E-state index in [1.807, 2.05) is 0 Å². The van der Waals surface area contributed by atoms with E-state index in [2.05, 4.69) is 5.32 Å². The summed E-state index contributed by atoms with van der Waals surface area (Å²) in [6.45, 7) is 0.189. The lowest BCUT2D eigenvalue weighted by Crippen LogP contribution is -2.24. The number of rotatable bonds is 6. The second-order valence-electron chi connectivity index (χ2n) is 3.72. The first-order chi connectivity index (χ1) is 8.80. The Hall–Kier alpha value is -1.96. The molecule has 0 aromatic heterocycles. The zero-order valence-electron chi connectivity index (χ0n) is 9.80. The van der Waals surface area contributed by atoms with Gasteiger partial charge in [-0.15, -0.1) is 3.89 Å². The molecule has 0 aliphatic rings. The highest BCUT2D eigenvalue weighted by Gasteiger charge is 2.12. The standard InChI is InChI=1S/C11H12FNO5S/c12-19(17,18)9-5-3-8(4-6-9)11(16)13-7-1-2-10(14)15/h3-6H,1-2,7H2,(H,13,16)(H,14,15). The van der Waals surface area contributed by atoms with E-state index in [1.165, 1.54) is 12.1 Å². The van der Waals surface area contributed by atoms with E-state index in [9.17, 15) is 21.9 Å². The van der Waals surface area contributed by atoms with Gasteiger partial charge in [0.1, 0.15) is 0 Å². The number of nitrogens with one attached hydrogen (secondary N) is 1. The number of amides is 1. The van der Waals surface area contributed by atoms with Gasteiger partial charge in [0.05, 0.1) is 4.90 Å². The van der Waals surface area contributed by atoms with Crippen molar-refractivity contribution in [2.75, 3.05) is 6.54 Å². The Morgan fingerprint density at radius 2 is 1.79 bits per heavy atom. The van der Waals surface area contributed by atoms with Crippen molar-refractivity contribution in [1.29, 1.82) is 0 Å². The summed E-state index contributed by atoms with van der Waals surface area (Å²) in [5.41, 5.74) is 0.169. The van der Waals surface area contributed by atoms with Gasteiger partial charge in [0, 0.05) is 18.5 Å². The lowest BCUT2D eigenvalue weighted by Gasteiger charge is -2.04. The third kappa shape index (κ3) is 5.04. The first kappa shape index (κ1) is 15.1. The van der Waals surface area contributed by atoms with Crippen LogP contribution >= 0.6 is 0 Å². The molecule has 0 bridgehead atoms. The van der Waals surface area contributed by atoms with Crippen molar-refractivity contribution in [3.05, 3.63) is 29.8 Å². The quantitative estimate of drug-likeness (QED) is 0.599. The predicted molar refractivity (Wildman–Crippen MR) is 63.9 cm³/mol. The smallest absolute Gasteiger partial charge is 0.332 e. The minimum Gasteiger partial charge on any atom is -0.481 e. The predicted octanol–water partition coefficient (Wildman–Crippen LogP) is 0.939. The van der Waals surface area contributed by atoms with Crippen LogP contribution in [0.15, 0.2) is 29.2 Å². The summed E-state index contributed by atoms with van der Waals surface area (Å²) in [5.74, 6) is -1.43. The molecule has 1 amide bonds. The molecule has 0 spiro atoms. The average Bonchev–Trinajstić information content (AvgIpc) is 2.33. The Morgan fingerprint density at radius 3 is 2.26 bits per heavy atom. The molecule has 0 aliphatic heterocycles. The van der Waals surface area contributed by atoms with Gasteiger partial charge >= 0.3 is 16.2 Å². The van der Waals surface area contributed by atoms with Crippen LogP contribution in [0.3, 0.4) is 0 Å². The molecular weight excluding hydrogens is 277 g/mol. The summed E-state index contributed by atoms with van der Waals surface area (Å²) in [7, 11) is -4.77. The van der Waals surface area contributed by atoms with Gasteiger partial charge in [0.25, 0.3) is 5.91 Å². The number of carboxylic acid groups (broad SMARTS) is 1. The summed E-state index contributed by atoms with van der Waals surface area (Å²) in [4.78, 5) is 21.3. The van der Waals surface area contributed by atoms with E-state index in [1.54, 1.807) is 0 Å². The molecule has 2 N–H and O–H groups in total. The Balaban J connectivity index is 2.56. The molecule has 0 unspecified atom stereocenters. The van der Waals surface area contributed by atoms with Crippen LogP contribution in [0.5, 0.6) is 0 Å². The third-order valence-corrected chi connectivity index (χ3v) is 3.09. The van der Waals surface area contributed by atoms with Crippen LogP contribution in [0.1, 0.15) is 23.2 Å². The third-order valence-electron chi connectivity index (χ3n) is 2.25. The number of carboxylic acids is 1. The highest BCUT2D eigenvalue weighted by atomic mass is 32.3. The van der Waals surface area contributed by atoms with E-state index in [0.717, 1.165) is 12.1 Å². The molecule has 6 nitrogen and oxygen atoms in total. The number of carbonyl (C=O) groups is 2. The highest BCUT2D eigenvalue weighted by Crippen LogP contribution is 2.12. The largest absolute Gasteiger partial charge is 0.481 e. The Kier molecular flexibility index (Phi) is 4.99. The number of benzene rings is 1. The fourth-order valence-electron chi connectivity index (χ4n) is 1.31. The maximum atomic E-state index is 12.6. The van der Waals surface area contributed by atoms with Gasteiger partial charge in [0.15, 0.2) is 0 Å². The van der Waals surface area contributed by atoms with Gasteiger partial charge in [-0.3, -0.25) is 9.59 Å². The van der Waals surface area contributed by atoms with Crippen molar-refractivity contribution < 1.29 is 27.0 Å². The minimum atomic E-state index is -4.77. The van der Waals surface area contributed by atoms with Gasteiger partial charge in [-0.2, -0.15) is 8.42 Å². The molecule has 1 aromatic carbocycles. The van der Waals surface area contributed by atoms with Crippen LogP contribution in [0, 0.1) is 0 Å². The summed E-state index contributed by atoms with van der Waals surface area (Å²) >= 11 is 0. The van der Waals surface area contributed by atoms with E-state index in [4.69, 9.17) is 5.11 Å².